The van der Waals surface area contributed by atoms with Crippen molar-refractivity contribution < 1.29 is 9.53 Å². The second-order valence-corrected chi connectivity index (χ2v) is 10.3. The van der Waals surface area contributed by atoms with Gasteiger partial charge in [0.2, 0.25) is 0 Å². The molecule has 2 heteroatoms. The Morgan fingerprint density at radius 2 is 1.66 bits per heavy atom. The van der Waals surface area contributed by atoms with E-state index in [-0.39, 0.29) is 11.4 Å². The van der Waals surface area contributed by atoms with E-state index in [2.05, 4.69) is 45.1 Å². The summed E-state index contributed by atoms with van der Waals surface area (Å²) in [6.07, 6.45) is 24.1. The molecule has 2 nitrogen and oxygen atoms in total. The number of esters is 1. The lowest BCUT2D eigenvalue weighted by Gasteiger charge is -2.41. The summed E-state index contributed by atoms with van der Waals surface area (Å²) in [7, 11) is 1.54. The van der Waals surface area contributed by atoms with Crippen LogP contribution in [-0.2, 0) is 9.53 Å². The van der Waals surface area contributed by atoms with Crippen LogP contribution in [0.15, 0.2) is 24.3 Å². The van der Waals surface area contributed by atoms with Gasteiger partial charge in [0, 0.05) is 0 Å². The summed E-state index contributed by atoms with van der Waals surface area (Å²) in [6, 6.07) is 0. The van der Waals surface area contributed by atoms with E-state index in [1.807, 2.05) is 0 Å². The molecule has 0 aromatic carbocycles. The molecule has 0 spiro atoms. The van der Waals surface area contributed by atoms with Gasteiger partial charge in [-0.1, -0.05) is 70.3 Å². The molecule has 29 heavy (non-hydrogen) atoms. The molecular formula is C27H44O2. The molecule has 4 rings (SSSR count). The molecule has 4 aliphatic rings. The van der Waals surface area contributed by atoms with Crippen molar-refractivity contribution >= 4 is 5.97 Å². The quantitative estimate of drug-likeness (QED) is 0.175. The Morgan fingerprint density at radius 1 is 0.966 bits per heavy atom. The van der Waals surface area contributed by atoms with E-state index in [4.69, 9.17) is 4.74 Å². The maximum atomic E-state index is 12.1. The molecule has 0 N–H and O–H groups in total. The molecule has 3 fully saturated rings. The first-order valence-electron chi connectivity index (χ1n) is 12.5. The van der Waals surface area contributed by atoms with Crippen molar-refractivity contribution in [3.8, 4) is 0 Å². The zero-order valence-electron chi connectivity index (χ0n) is 19.4. The third kappa shape index (κ3) is 4.67. The SMILES string of the molecule is CCCC=CCCCCCCC.COC(=O)C1(C)CC2CC1C1C3C=CC(C3)C21. The zero-order chi connectivity index (χ0) is 20.9. The Hall–Kier alpha value is -1.05. The summed E-state index contributed by atoms with van der Waals surface area (Å²) >= 11 is 0. The zero-order valence-corrected chi connectivity index (χ0v) is 19.4. The van der Waals surface area contributed by atoms with Crippen LogP contribution in [0.5, 0.6) is 0 Å². The van der Waals surface area contributed by atoms with Gasteiger partial charge in [-0.25, -0.2) is 0 Å². The van der Waals surface area contributed by atoms with Crippen LogP contribution in [0, 0.1) is 40.9 Å². The van der Waals surface area contributed by atoms with Crippen LogP contribution in [0.2, 0.25) is 0 Å². The molecule has 0 aromatic heterocycles. The minimum Gasteiger partial charge on any atom is -0.469 e. The van der Waals surface area contributed by atoms with E-state index in [0.29, 0.717) is 5.92 Å². The van der Waals surface area contributed by atoms with Crippen LogP contribution >= 0.6 is 0 Å². The third-order valence-electron chi connectivity index (χ3n) is 8.40. The second kappa shape index (κ2) is 10.3. The Kier molecular flexibility index (Phi) is 8.05. The van der Waals surface area contributed by atoms with Crippen molar-refractivity contribution in [2.75, 3.05) is 7.11 Å². The van der Waals surface area contributed by atoms with Crippen molar-refractivity contribution in [3.63, 3.8) is 0 Å². The molecule has 0 aliphatic heterocycles. The molecular weight excluding hydrogens is 356 g/mol. The van der Waals surface area contributed by atoms with Crippen LogP contribution in [0.3, 0.4) is 0 Å². The molecule has 0 heterocycles. The molecule has 7 atom stereocenters. The number of carbonyl (C=O) groups excluding carboxylic acids is 1. The number of hydrogen-bond donors (Lipinski definition) is 0. The number of hydrogen-bond acceptors (Lipinski definition) is 2. The Labute approximate surface area is 179 Å². The summed E-state index contributed by atoms with van der Waals surface area (Å²) < 4.78 is 5.06. The predicted octanol–water partition coefficient (Wildman–Crippen LogP) is 7.35. The largest absolute Gasteiger partial charge is 0.469 e. The monoisotopic (exact) mass is 400 g/mol. The van der Waals surface area contributed by atoms with Gasteiger partial charge < -0.3 is 4.74 Å². The van der Waals surface area contributed by atoms with Crippen LogP contribution in [0.25, 0.3) is 0 Å². The van der Waals surface area contributed by atoms with E-state index in [1.54, 1.807) is 0 Å². The van der Waals surface area contributed by atoms with Gasteiger partial charge in [-0.2, -0.15) is 0 Å². The highest BCUT2D eigenvalue weighted by Gasteiger charge is 2.66. The lowest BCUT2D eigenvalue weighted by atomic mass is 9.63. The third-order valence-corrected chi connectivity index (χ3v) is 8.40. The van der Waals surface area contributed by atoms with Crippen LogP contribution in [0.4, 0.5) is 0 Å². The number of carbonyl (C=O) groups is 1. The lowest BCUT2D eigenvalue weighted by Crippen LogP contribution is -2.42. The summed E-state index contributed by atoms with van der Waals surface area (Å²) in [5.41, 5.74) is -0.182. The number of unbranched alkanes of at least 4 members (excludes halogenated alkanes) is 6. The van der Waals surface area contributed by atoms with Crippen LogP contribution in [0.1, 0.15) is 91.4 Å². The fourth-order valence-corrected chi connectivity index (χ4v) is 7.11. The van der Waals surface area contributed by atoms with Gasteiger partial charge in [-0.15, -0.1) is 0 Å². The van der Waals surface area contributed by atoms with Gasteiger partial charge >= 0.3 is 5.97 Å². The molecule has 4 bridgehead atoms. The minimum atomic E-state index is -0.182. The Bertz CT molecular complexity index is 591. The topological polar surface area (TPSA) is 26.3 Å². The van der Waals surface area contributed by atoms with E-state index >= 15 is 0 Å². The number of allylic oxidation sites excluding steroid dienone is 4. The second-order valence-electron chi connectivity index (χ2n) is 10.3. The Balaban J connectivity index is 0.000000179. The molecule has 164 valence electrons. The first-order valence-corrected chi connectivity index (χ1v) is 12.5. The standard InChI is InChI=1S/C15H20O2.C12H24/c1-15(14(16)17-2)7-10-6-11(15)13-9-4-3-8(5-9)12(10)13;1-3-5-7-9-11-12-10-8-6-4-2/h3-4,8-13H,5-7H2,1-2H3;7,9H,3-6,8,10-12H2,1-2H3. The minimum absolute atomic E-state index is 0.0372. The van der Waals surface area contributed by atoms with Crippen molar-refractivity contribution in [3.05, 3.63) is 24.3 Å². The van der Waals surface area contributed by atoms with Crippen LogP contribution < -0.4 is 0 Å². The van der Waals surface area contributed by atoms with Gasteiger partial charge in [-0.05, 0) is 81.0 Å². The summed E-state index contributed by atoms with van der Waals surface area (Å²) in [4.78, 5) is 12.1. The van der Waals surface area contributed by atoms with Gasteiger partial charge in [0.15, 0.2) is 0 Å². The highest BCUT2D eigenvalue weighted by atomic mass is 16.5. The average molecular weight is 401 g/mol. The average Bonchev–Trinajstić information content (AvgIpc) is 3.49. The van der Waals surface area contributed by atoms with Gasteiger partial charge in [0.25, 0.3) is 0 Å². The fourth-order valence-electron chi connectivity index (χ4n) is 7.11. The lowest BCUT2D eigenvalue weighted by molar-refractivity contribution is -0.157. The first kappa shape index (κ1) is 22.6. The van der Waals surface area contributed by atoms with Crippen molar-refractivity contribution in [2.24, 2.45) is 40.9 Å². The number of rotatable bonds is 9. The van der Waals surface area contributed by atoms with Gasteiger partial charge in [0.1, 0.15) is 0 Å². The molecule has 0 aromatic rings. The van der Waals surface area contributed by atoms with Crippen molar-refractivity contribution in [1.82, 2.24) is 0 Å². The first-order chi connectivity index (χ1) is 14.1. The smallest absolute Gasteiger partial charge is 0.311 e. The fraction of sp³-hybridized carbons (Fsp3) is 0.815. The van der Waals surface area contributed by atoms with E-state index in [9.17, 15) is 4.79 Å². The molecule has 3 saturated carbocycles. The van der Waals surface area contributed by atoms with Gasteiger partial charge in [0.05, 0.1) is 12.5 Å². The van der Waals surface area contributed by atoms with Crippen LogP contribution in [-0.4, -0.2) is 13.1 Å². The normalized spacial score (nSPS) is 38.3. The maximum absolute atomic E-state index is 12.1. The Morgan fingerprint density at radius 3 is 2.34 bits per heavy atom. The van der Waals surface area contributed by atoms with E-state index in [1.165, 1.54) is 71.3 Å². The molecule has 4 aliphatic carbocycles. The molecule has 7 unspecified atom stereocenters. The number of ether oxygens (including phenoxy) is 1. The summed E-state index contributed by atoms with van der Waals surface area (Å²) in [5.74, 6) is 4.70. The molecule has 0 radical (unpaired) electrons. The molecule has 0 amide bonds. The highest BCUT2D eigenvalue weighted by molar-refractivity contribution is 5.77. The van der Waals surface area contributed by atoms with E-state index in [0.717, 1.165) is 36.0 Å². The highest BCUT2D eigenvalue weighted by Crippen LogP contribution is 2.70. The summed E-state index contributed by atoms with van der Waals surface area (Å²) in [5, 5.41) is 0. The van der Waals surface area contributed by atoms with Crippen molar-refractivity contribution in [2.45, 2.75) is 91.4 Å². The number of methoxy groups -OCH3 is 1. The summed E-state index contributed by atoms with van der Waals surface area (Å²) in [6.45, 7) is 6.64. The number of fused-ring (bicyclic) bond motifs is 9. The predicted molar refractivity (Wildman–Crippen MR) is 121 cm³/mol. The molecule has 0 saturated heterocycles. The van der Waals surface area contributed by atoms with E-state index < -0.39 is 0 Å². The van der Waals surface area contributed by atoms with Crippen molar-refractivity contribution in [1.29, 1.82) is 0 Å². The van der Waals surface area contributed by atoms with Gasteiger partial charge in [-0.3, -0.25) is 4.79 Å². The maximum Gasteiger partial charge on any atom is 0.311 e.